The van der Waals surface area contributed by atoms with Crippen LogP contribution in [0.15, 0.2) is 212 Å². The summed E-state index contributed by atoms with van der Waals surface area (Å²) in [5.74, 6) is 0. The first-order valence-corrected chi connectivity index (χ1v) is 24.7. The Morgan fingerprint density at radius 2 is 0.556 bits per heavy atom. The van der Waals surface area contributed by atoms with E-state index in [2.05, 4.69) is 0 Å². The number of hydrogen-bond donors (Lipinski definition) is 0. The second kappa shape index (κ2) is 27.2. The highest BCUT2D eigenvalue weighted by Crippen LogP contribution is 2.35. The highest BCUT2D eigenvalue weighted by atomic mass is 19.1. The largest absolute Gasteiger partial charge is 0.374 e. The average molecular weight is 975 g/mol. The maximum atomic E-state index is 17.0. The van der Waals surface area contributed by atoms with Gasteiger partial charge in [-0.25, -0.2) is 4.39 Å². The van der Waals surface area contributed by atoms with Gasteiger partial charge in [0.05, 0.1) is 59.5 Å². The molecule has 10 atom stereocenters. The number of hydrogen-bond acceptors (Lipinski definition) is 10. The molecule has 7 aromatic carbocycles. The fraction of sp³-hybridized carbons (Fsp3) is 0.311. The molecule has 72 heavy (non-hydrogen) atoms. The summed E-state index contributed by atoms with van der Waals surface area (Å²) in [6, 6.07) is 69.0. The highest BCUT2D eigenvalue weighted by Gasteiger charge is 2.52. The van der Waals surface area contributed by atoms with Crippen molar-refractivity contribution in [2.45, 2.75) is 108 Å². The quantitative estimate of drug-likeness (QED) is 0.0551. The summed E-state index contributed by atoms with van der Waals surface area (Å²) in [5, 5.41) is 0. The molecule has 2 saturated heterocycles. The summed E-state index contributed by atoms with van der Waals surface area (Å²) < 4.78 is 84.2. The van der Waals surface area contributed by atoms with Gasteiger partial charge in [-0.2, -0.15) is 0 Å². The molecule has 10 nitrogen and oxygen atoms in total. The maximum absolute atomic E-state index is 17.0. The van der Waals surface area contributed by atoms with Crippen LogP contribution in [-0.4, -0.2) is 74.7 Å². The predicted octanol–water partition coefficient (Wildman–Crippen LogP) is 11.2. The van der Waals surface area contributed by atoms with Crippen LogP contribution in [0.3, 0.4) is 0 Å². The molecule has 2 heterocycles. The molecule has 0 bridgehead atoms. The van der Waals surface area contributed by atoms with Gasteiger partial charge in [0, 0.05) is 0 Å². The third-order valence-corrected chi connectivity index (χ3v) is 12.7. The third-order valence-electron chi connectivity index (χ3n) is 12.7. The molecule has 0 amide bonds. The fourth-order valence-corrected chi connectivity index (χ4v) is 8.94. The Labute approximate surface area is 422 Å². The molecule has 2 aliphatic rings. The van der Waals surface area contributed by atoms with Crippen LogP contribution < -0.4 is 0 Å². The molecule has 0 spiro atoms. The van der Waals surface area contributed by atoms with Crippen molar-refractivity contribution in [1.82, 2.24) is 0 Å². The molecule has 7 aromatic rings. The molecule has 0 unspecified atom stereocenters. The topological polar surface area (TPSA) is 92.3 Å². The lowest BCUT2D eigenvalue weighted by Crippen LogP contribution is -2.63. The van der Waals surface area contributed by atoms with Crippen molar-refractivity contribution in [3.8, 4) is 0 Å². The Hall–Kier alpha value is -5.93. The third kappa shape index (κ3) is 14.8. The molecule has 2 aliphatic heterocycles. The predicted molar refractivity (Wildman–Crippen MR) is 271 cm³/mol. The zero-order chi connectivity index (χ0) is 49.0. The van der Waals surface area contributed by atoms with Crippen molar-refractivity contribution in [3.63, 3.8) is 0 Å². The van der Waals surface area contributed by atoms with Crippen LogP contribution in [0.2, 0.25) is 0 Å². The first-order chi connectivity index (χ1) is 35.6. The molecule has 9 rings (SSSR count). The van der Waals surface area contributed by atoms with E-state index in [9.17, 15) is 0 Å². The summed E-state index contributed by atoms with van der Waals surface area (Å²) in [6.07, 6.45) is -9.93. The van der Waals surface area contributed by atoms with Gasteiger partial charge >= 0.3 is 0 Å². The van der Waals surface area contributed by atoms with Crippen molar-refractivity contribution >= 4 is 0 Å². The van der Waals surface area contributed by atoms with Crippen LogP contribution in [0.4, 0.5) is 4.39 Å². The van der Waals surface area contributed by atoms with E-state index < -0.39 is 61.5 Å². The van der Waals surface area contributed by atoms with Gasteiger partial charge in [-0.3, -0.25) is 0 Å². The number of benzene rings is 7. The highest BCUT2D eigenvalue weighted by molar-refractivity contribution is 5.19. The van der Waals surface area contributed by atoms with Crippen LogP contribution in [0.5, 0.6) is 0 Å². The summed E-state index contributed by atoms with van der Waals surface area (Å²) in [4.78, 5) is 0. The zero-order valence-corrected chi connectivity index (χ0v) is 40.3. The van der Waals surface area contributed by atoms with Crippen LogP contribution in [0.25, 0.3) is 0 Å². The van der Waals surface area contributed by atoms with Gasteiger partial charge in [0.15, 0.2) is 6.29 Å². The molecule has 0 aromatic heterocycles. The molecule has 374 valence electrons. The van der Waals surface area contributed by atoms with Gasteiger partial charge in [0.1, 0.15) is 48.8 Å². The Bertz CT molecular complexity index is 2550. The number of halogens is 1. The minimum absolute atomic E-state index is 0.134. The number of ether oxygens (including phenoxy) is 10. The molecular weight excluding hydrogens is 912 g/mol. The first kappa shape index (κ1) is 51.0. The minimum Gasteiger partial charge on any atom is -0.374 e. The lowest BCUT2D eigenvalue weighted by atomic mass is 9.97. The van der Waals surface area contributed by atoms with Crippen LogP contribution in [0, 0.1) is 0 Å². The van der Waals surface area contributed by atoms with E-state index in [0.717, 1.165) is 38.9 Å². The molecule has 0 aliphatic carbocycles. The van der Waals surface area contributed by atoms with E-state index in [1.54, 1.807) is 0 Å². The standard InChI is InChI=1S/C61H63FO10/c62-60-58(68-41-50-32-18-6-19-33-50)56(66-39-48-28-14-4-15-29-48)55(65-38-47-26-12-3-13-27-47)53(71-60)44-70-61-59(69-42-51-34-20-7-21-35-51)57(67-40-49-30-16-5-17-31-49)54(64-37-46-24-10-2-11-25-46)52(72-61)43-63-36-45-22-8-1-9-23-45/h1-35,52-61H,36-44H2/t52-,53-,54-,55-,56+,57+,58-,59-,60-,61+/m1/s1. The van der Waals surface area contributed by atoms with E-state index in [1.807, 2.05) is 212 Å². The monoisotopic (exact) mass is 974 g/mol. The lowest BCUT2D eigenvalue weighted by Gasteiger charge is -2.47. The Balaban J connectivity index is 1.04. The smallest absolute Gasteiger partial charge is 0.228 e. The molecule has 2 fully saturated rings. The van der Waals surface area contributed by atoms with Crippen molar-refractivity contribution in [1.29, 1.82) is 0 Å². The van der Waals surface area contributed by atoms with Crippen LogP contribution in [-0.2, 0) is 93.6 Å². The molecule has 0 radical (unpaired) electrons. The minimum atomic E-state index is -1.91. The molecule has 11 heteroatoms. The van der Waals surface area contributed by atoms with Gasteiger partial charge in [-0.1, -0.05) is 212 Å². The van der Waals surface area contributed by atoms with Crippen LogP contribution >= 0.6 is 0 Å². The normalized spacial score (nSPS) is 24.2. The van der Waals surface area contributed by atoms with Crippen molar-refractivity contribution < 1.29 is 51.8 Å². The van der Waals surface area contributed by atoms with Gasteiger partial charge in [-0.15, -0.1) is 0 Å². The SMILES string of the molecule is F[C@@H]1O[C@H](CO[C@H]2O[C@H](COCc3ccccc3)[C@@H](OCc3ccccc3)[C@H](OCc3ccccc3)[C@H]2OCc2ccccc2)[C@@H](OCc2ccccc2)[C@H](OCc2ccccc2)[C@H]1OCc1ccccc1. The van der Waals surface area contributed by atoms with Gasteiger partial charge in [0.2, 0.25) is 6.36 Å². The average Bonchev–Trinajstić information content (AvgIpc) is 3.44. The fourth-order valence-electron chi connectivity index (χ4n) is 8.94. The van der Waals surface area contributed by atoms with E-state index in [-0.39, 0.29) is 52.9 Å². The van der Waals surface area contributed by atoms with E-state index in [0.29, 0.717) is 6.61 Å². The van der Waals surface area contributed by atoms with Gasteiger partial charge < -0.3 is 47.4 Å². The van der Waals surface area contributed by atoms with E-state index >= 15 is 4.39 Å². The molecule has 0 saturated carbocycles. The van der Waals surface area contributed by atoms with Gasteiger partial charge in [-0.05, 0) is 38.9 Å². The first-order valence-electron chi connectivity index (χ1n) is 24.7. The second-order valence-electron chi connectivity index (χ2n) is 18.0. The maximum Gasteiger partial charge on any atom is 0.228 e. The second-order valence-corrected chi connectivity index (χ2v) is 18.0. The summed E-state index contributed by atoms with van der Waals surface area (Å²) in [6.45, 7) is 1.55. The van der Waals surface area contributed by atoms with Crippen LogP contribution in [0.1, 0.15) is 38.9 Å². The lowest BCUT2D eigenvalue weighted by molar-refractivity contribution is -0.344. The van der Waals surface area contributed by atoms with Crippen molar-refractivity contribution in [2.24, 2.45) is 0 Å². The zero-order valence-electron chi connectivity index (χ0n) is 40.3. The van der Waals surface area contributed by atoms with Crippen molar-refractivity contribution in [3.05, 3.63) is 251 Å². The molecule has 0 N–H and O–H groups in total. The van der Waals surface area contributed by atoms with E-state index in [4.69, 9.17) is 47.4 Å². The Morgan fingerprint density at radius 3 is 0.917 bits per heavy atom. The van der Waals surface area contributed by atoms with Crippen molar-refractivity contribution in [2.75, 3.05) is 13.2 Å². The summed E-state index contributed by atoms with van der Waals surface area (Å²) in [5.41, 5.74) is 6.62. The Morgan fingerprint density at radius 1 is 0.278 bits per heavy atom. The summed E-state index contributed by atoms with van der Waals surface area (Å²) in [7, 11) is 0. The van der Waals surface area contributed by atoms with E-state index in [1.165, 1.54) is 0 Å². The summed E-state index contributed by atoms with van der Waals surface area (Å²) >= 11 is 0. The number of alkyl halides is 1. The van der Waals surface area contributed by atoms with Gasteiger partial charge in [0.25, 0.3) is 0 Å². The molecular formula is C61H63FO10. The number of rotatable bonds is 25. The Kier molecular flexibility index (Phi) is 19.3.